The van der Waals surface area contributed by atoms with E-state index in [2.05, 4.69) is 6.07 Å². The number of hydrogen-bond donors (Lipinski definition) is 1. The molecule has 1 N–H and O–H groups in total. The van der Waals surface area contributed by atoms with Gasteiger partial charge in [0.2, 0.25) is 0 Å². The fourth-order valence-electron chi connectivity index (χ4n) is 2.27. The Morgan fingerprint density at radius 1 is 1.47 bits per heavy atom. The normalized spacial score (nSPS) is 14.3. The maximum Gasteiger partial charge on any atom is 0.309 e. The largest absolute Gasteiger partial charge is 0.493 e. The molecule has 0 atom stereocenters. The Balaban J connectivity index is 2.29. The molecule has 2 rings (SSSR count). The number of carboxylic acid groups (broad SMARTS) is 1. The Hall–Kier alpha value is -1.51. The first-order valence-electron chi connectivity index (χ1n) is 5.89. The number of rotatable bonds is 3. The number of aliphatic carboxylic acids is 1. The van der Waals surface area contributed by atoms with Crippen molar-refractivity contribution in [2.24, 2.45) is 5.41 Å². The fourth-order valence-corrected chi connectivity index (χ4v) is 2.27. The molecule has 0 saturated carbocycles. The van der Waals surface area contributed by atoms with Crippen LogP contribution >= 0.6 is 0 Å². The van der Waals surface area contributed by atoms with E-state index in [9.17, 15) is 4.79 Å². The highest BCUT2D eigenvalue weighted by atomic mass is 16.5. The SMILES string of the molecule is Cc1cc(CC(C)(C)C(=O)O)cc2c1OCC2. The van der Waals surface area contributed by atoms with Gasteiger partial charge in [0.05, 0.1) is 12.0 Å². The number of fused-ring (bicyclic) bond motifs is 1. The van der Waals surface area contributed by atoms with Crippen molar-refractivity contribution in [2.45, 2.75) is 33.6 Å². The van der Waals surface area contributed by atoms with Gasteiger partial charge in [0.25, 0.3) is 0 Å². The van der Waals surface area contributed by atoms with E-state index in [0.29, 0.717) is 6.42 Å². The zero-order chi connectivity index (χ0) is 12.6. The van der Waals surface area contributed by atoms with Crippen LogP contribution in [0.25, 0.3) is 0 Å². The van der Waals surface area contributed by atoms with Crippen LogP contribution in [0.2, 0.25) is 0 Å². The molecule has 1 heterocycles. The summed E-state index contributed by atoms with van der Waals surface area (Å²) in [6.45, 7) is 6.27. The van der Waals surface area contributed by atoms with Gasteiger partial charge in [0, 0.05) is 6.42 Å². The fraction of sp³-hybridized carbons (Fsp3) is 0.500. The molecule has 1 aliphatic rings. The summed E-state index contributed by atoms with van der Waals surface area (Å²) in [4.78, 5) is 11.1. The van der Waals surface area contributed by atoms with Crippen LogP contribution in [0.3, 0.4) is 0 Å². The van der Waals surface area contributed by atoms with Crippen molar-refractivity contribution in [3.63, 3.8) is 0 Å². The molecule has 0 amide bonds. The van der Waals surface area contributed by atoms with Crippen LogP contribution in [-0.4, -0.2) is 17.7 Å². The van der Waals surface area contributed by atoms with Gasteiger partial charge in [-0.2, -0.15) is 0 Å². The molecule has 0 unspecified atom stereocenters. The summed E-state index contributed by atoms with van der Waals surface area (Å²) in [6.07, 6.45) is 1.48. The number of aryl methyl sites for hydroxylation is 1. The van der Waals surface area contributed by atoms with Gasteiger partial charge in [-0.3, -0.25) is 4.79 Å². The van der Waals surface area contributed by atoms with Gasteiger partial charge in [0.15, 0.2) is 0 Å². The van der Waals surface area contributed by atoms with Gasteiger partial charge in [0.1, 0.15) is 5.75 Å². The van der Waals surface area contributed by atoms with Crippen LogP contribution < -0.4 is 4.74 Å². The maximum absolute atomic E-state index is 11.1. The molecule has 0 saturated heterocycles. The molecule has 0 spiro atoms. The van der Waals surface area contributed by atoms with Crippen LogP contribution in [0, 0.1) is 12.3 Å². The van der Waals surface area contributed by atoms with Crippen LogP contribution in [0.4, 0.5) is 0 Å². The Kier molecular flexibility index (Phi) is 2.86. The summed E-state index contributed by atoms with van der Waals surface area (Å²) < 4.78 is 5.55. The van der Waals surface area contributed by atoms with E-state index in [-0.39, 0.29) is 0 Å². The first-order valence-corrected chi connectivity index (χ1v) is 5.89. The van der Waals surface area contributed by atoms with Gasteiger partial charge in [-0.25, -0.2) is 0 Å². The van der Waals surface area contributed by atoms with Gasteiger partial charge in [-0.05, 0) is 43.9 Å². The molecule has 3 heteroatoms. The number of carbonyl (C=O) groups is 1. The van der Waals surface area contributed by atoms with E-state index >= 15 is 0 Å². The van der Waals surface area contributed by atoms with E-state index in [1.165, 1.54) is 5.56 Å². The third-order valence-corrected chi connectivity index (χ3v) is 3.25. The highest BCUT2D eigenvalue weighted by molar-refractivity contribution is 5.74. The molecule has 0 fully saturated rings. The molecule has 1 aliphatic heterocycles. The Morgan fingerprint density at radius 2 is 2.18 bits per heavy atom. The minimum absolute atomic E-state index is 0.552. The van der Waals surface area contributed by atoms with Crippen LogP contribution in [-0.2, 0) is 17.6 Å². The second-order valence-corrected chi connectivity index (χ2v) is 5.37. The Morgan fingerprint density at radius 3 is 2.82 bits per heavy atom. The average molecular weight is 234 g/mol. The van der Waals surface area contributed by atoms with Crippen molar-refractivity contribution in [1.82, 2.24) is 0 Å². The zero-order valence-electron chi connectivity index (χ0n) is 10.5. The Labute approximate surface area is 101 Å². The zero-order valence-corrected chi connectivity index (χ0v) is 10.5. The van der Waals surface area contributed by atoms with Gasteiger partial charge in [-0.15, -0.1) is 0 Å². The van der Waals surface area contributed by atoms with Crippen LogP contribution in [0.5, 0.6) is 5.75 Å². The molecular formula is C14H18O3. The van der Waals surface area contributed by atoms with Crippen LogP contribution in [0.1, 0.15) is 30.5 Å². The molecule has 1 aromatic rings. The number of carboxylic acids is 1. The molecule has 3 nitrogen and oxygen atoms in total. The lowest BCUT2D eigenvalue weighted by Gasteiger charge is -2.19. The monoisotopic (exact) mass is 234 g/mol. The second-order valence-electron chi connectivity index (χ2n) is 5.37. The molecule has 0 radical (unpaired) electrons. The number of ether oxygens (including phenoxy) is 1. The lowest BCUT2D eigenvalue weighted by molar-refractivity contribution is -0.146. The summed E-state index contributed by atoms with van der Waals surface area (Å²) in [6, 6.07) is 4.12. The van der Waals surface area contributed by atoms with Crippen molar-refractivity contribution in [2.75, 3.05) is 6.61 Å². The maximum atomic E-state index is 11.1. The molecule has 0 bridgehead atoms. The summed E-state index contributed by atoms with van der Waals surface area (Å²) in [5.41, 5.74) is 2.68. The van der Waals surface area contributed by atoms with E-state index in [1.54, 1.807) is 13.8 Å². The average Bonchev–Trinajstić information content (AvgIpc) is 2.64. The summed E-state index contributed by atoms with van der Waals surface area (Å²) >= 11 is 0. The van der Waals surface area contributed by atoms with Gasteiger partial charge < -0.3 is 9.84 Å². The summed E-state index contributed by atoms with van der Waals surface area (Å²) in [5, 5.41) is 9.14. The molecular weight excluding hydrogens is 216 g/mol. The lowest BCUT2D eigenvalue weighted by Crippen LogP contribution is -2.26. The minimum Gasteiger partial charge on any atom is -0.493 e. The highest BCUT2D eigenvalue weighted by Gasteiger charge is 2.28. The first kappa shape index (κ1) is 12.0. The summed E-state index contributed by atoms with van der Waals surface area (Å²) in [7, 11) is 0. The molecule has 92 valence electrons. The third-order valence-electron chi connectivity index (χ3n) is 3.25. The molecule has 17 heavy (non-hydrogen) atoms. The number of benzene rings is 1. The van der Waals surface area contributed by atoms with E-state index < -0.39 is 11.4 Å². The standard InChI is InChI=1S/C14H18O3/c1-9-6-10(8-14(2,3)13(15)16)7-11-4-5-17-12(9)11/h6-7H,4-5,8H2,1-3H3,(H,15,16). The van der Waals surface area contributed by atoms with Crippen LogP contribution in [0.15, 0.2) is 12.1 Å². The van der Waals surface area contributed by atoms with Gasteiger partial charge in [-0.1, -0.05) is 12.1 Å². The van der Waals surface area contributed by atoms with Crippen molar-refractivity contribution >= 4 is 5.97 Å². The van der Waals surface area contributed by atoms with E-state index in [0.717, 1.165) is 29.9 Å². The van der Waals surface area contributed by atoms with Crippen molar-refractivity contribution in [3.8, 4) is 5.75 Å². The topological polar surface area (TPSA) is 46.5 Å². The molecule has 0 aliphatic carbocycles. The van der Waals surface area contributed by atoms with E-state index in [4.69, 9.17) is 9.84 Å². The highest BCUT2D eigenvalue weighted by Crippen LogP contribution is 2.32. The Bertz CT molecular complexity index is 461. The first-order chi connectivity index (χ1) is 7.90. The molecule has 0 aromatic heterocycles. The second kappa shape index (κ2) is 4.06. The van der Waals surface area contributed by atoms with E-state index in [1.807, 2.05) is 13.0 Å². The smallest absolute Gasteiger partial charge is 0.309 e. The predicted octanol–water partition coefficient (Wildman–Crippen LogP) is 2.58. The van der Waals surface area contributed by atoms with Crippen molar-refractivity contribution in [1.29, 1.82) is 0 Å². The minimum atomic E-state index is -0.757. The summed E-state index contributed by atoms with van der Waals surface area (Å²) in [5.74, 6) is 0.230. The lowest BCUT2D eigenvalue weighted by atomic mass is 9.85. The third kappa shape index (κ3) is 2.28. The number of hydrogen-bond acceptors (Lipinski definition) is 2. The quantitative estimate of drug-likeness (QED) is 0.874. The molecule has 1 aromatic carbocycles. The predicted molar refractivity (Wildman–Crippen MR) is 65.5 cm³/mol. The van der Waals surface area contributed by atoms with Crippen molar-refractivity contribution in [3.05, 3.63) is 28.8 Å². The van der Waals surface area contributed by atoms with Crippen molar-refractivity contribution < 1.29 is 14.6 Å². The van der Waals surface area contributed by atoms with Gasteiger partial charge >= 0.3 is 5.97 Å².